The normalized spacial score (nSPS) is 11.0. The number of nitrogens with two attached hydrogens (primary N) is 1. The molecule has 4 N–H and O–H groups in total. The predicted octanol–water partition coefficient (Wildman–Crippen LogP) is 1.32. The minimum atomic E-state index is -4.01. The van der Waals surface area contributed by atoms with Crippen LogP contribution in [-0.4, -0.2) is 21.0 Å². The molecule has 0 aliphatic heterocycles. The molecule has 100 valence electrons. The molecule has 0 aliphatic rings. The maximum Gasteiger partial charge on any atom is 0.328 e. The van der Waals surface area contributed by atoms with E-state index < -0.39 is 16.1 Å². The van der Waals surface area contributed by atoms with Crippen LogP contribution in [-0.2, 0) is 10.0 Å². The number of amides is 2. The molecule has 0 spiro atoms. The molecule has 1 aromatic rings. The van der Waals surface area contributed by atoms with Crippen molar-refractivity contribution >= 4 is 33.3 Å². The number of rotatable bonds is 4. The summed E-state index contributed by atoms with van der Waals surface area (Å²) in [5, 5.41) is 2.61. The maximum atomic E-state index is 11.9. The van der Waals surface area contributed by atoms with Gasteiger partial charge >= 0.3 is 6.03 Å². The Balaban J connectivity index is 2.93. The van der Waals surface area contributed by atoms with Crippen molar-refractivity contribution in [2.24, 2.45) is 0 Å². The second-order valence-corrected chi connectivity index (χ2v) is 5.63. The summed E-state index contributed by atoms with van der Waals surface area (Å²) in [5.74, 6) is 0. The van der Waals surface area contributed by atoms with Gasteiger partial charge in [-0.2, -0.15) is 0 Å². The first kappa shape index (κ1) is 14.6. The lowest BCUT2D eigenvalue weighted by molar-refractivity contribution is 0.246. The molecular weight excluding hydrogens is 278 g/mol. The first-order chi connectivity index (χ1) is 8.36. The van der Waals surface area contributed by atoms with Crippen molar-refractivity contribution in [2.75, 3.05) is 12.3 Å². The number of hydrogen-bond acceptors (Lipinski definition) is 4. The molecule has 0 fully saturated rings. The van der Waals surface area contributed by atoms with Crippen LogP contribution in [0.1, 0.15) is 13.3 Å². The molecule has 6 nitrogen and oxygen atoms in total. The molecule has 0 unspecified atom stereocenters. The Labute approximate surface area is 111 Å². The van der Waals surface area contributed by atoms with Crippen LogP contribution >= 0.6 is 11.6 Å². The van der Waals surface area contributed by atoms with Gasteiger partial charge in [-0.25, -0.2) is 17.9 Å². The highest BCUT2D eigenvalue weighted by molar-refractivity contribution is 7.90. The smallest absolute Gasteiger partial charge is 0.328 e. The number of anilines is 1. The predicted molar refractivity (Wildman–Crippen MR) is 69.9 cm³/mol. The van der Waals surface area contributed by atoms with E-state index in [0.29, 0.717) is 13.0 Å². The van der Waals surface area contributed by atoms with Crippen molar-refractivity contribution in [3.8, 4) is 0 Å². The summed E-state index contributed by atoms with van der Waals surface area (Å²) in [4.78, 5) is 11.1. The van der Waals surface area contributed by atoms with Gasteiger partial charge in [-0.1, -0.05) is 18.5 Å². The molecule has 0 aromatic heterocycles. The first-order valence-corrected chi connectivity index (χ1v) is 7.08. The Morgan fingerprint density at radius 3 is 2.72 bits per heavy atom. The average Bonchev–Trinajstić information content (AvgIpc) is 2.29. The molecule has 1 rings (SSSR count). The number of benzene rings is 1. The molecule has 0 saturated carbocycles. The summed E-state index contributed by atoms with van der Waals surface area (Å²) in [6.45, 7) is 2.23. The summed E-state index contributed by atoms with van der Waals surface area (Å²) < 4.78 is 25.6. The van der Waals surface area contributed by atoms with Gasteiger partial charge < -0.3 is 11.1 Å². The van der Waals surface area contributed by atoms with Crippen LogP contribution in [0, 0.1) is 0 Å². The molecule has 0 aliphatic carbocycles. The fourth-order valence-electron chi connectivity index (χ4n) is 1.19. The number of hydrogen-bond donors (Lipinski definition) is 3. The zero-order valence-corrected chi connectivity index (χ0v) is 11.3. The molecule has 0 radical (unpaired) electrons. The number of carbonyl (C=O) groups excluding carboxylic acids is 1. The van der Waals surface area contributed by atoms with Crippen molar-refractivity contribution < 1.29 is 13.2 Å². The molecule has 1 aromatic carbocycles. The summed E-state index contributed by atoms with van der Waals surface area (Å²) in [6, 6.07) is 3.22. The zero-order valence-electron chi connectivity index (χ0n) is 9.73. The lowest BCUT2D eigenvalue weighted by Crippen LogP contribution is -2.39. The molecule has 0 heterocycles. The van der Waals surface area contributed by atoms with Crippen LogP contribution in [0.2, 0.25) is 5.02 Å². The Kier molecular flexibility index (Phi) is 4.80. The monoisotopic (exact) mass is 291 g/mol. The van der Waals surface area contributed by atoms with Crippen molar-refractivity contribution in [1.29, 1.82) is 0 Å². The SMILES string of the molecule is CCCNC(=O)NS(=O)(=O)c1cc(Cl)ccc1N. The number of carbonyl (C=O) groups is 1. The number of nitrogen functional groups attached to an aromatic ring is 1. The lowest BCUT2D eigenvalue weighted by Gasteiger charge is -2.10. The minimum Gasteiger partial charge on any atom is -0.398 e. The fraction of sp³-hybridized carbons (Fsp3) is 0.300. The van der Waals surface area contributed by atoms with Gasteiger partial charge in [0.1, 0.15) is 4.90 Å². The third-order valence-electron chi connectivity index (χ3n) is 2.03. The van der Waals surface area contributed by atoms with Crippen LogP contribution in [0.15, 0.2) is 23.1 Å². The minimum absolute atomic E-state index is 0.0233. The van der Waals surface area contributed by atoms with Crippen molar-refractivity contribution in [3.05, 3.63) is 23.2 Å². The van der Waals surface area contributed by atoms with E-state index in [9.17, 15) is 13.2 Å². The summed E-state index contributed by atoms with van der Waals surface area (Å²) in [5.41, 5.74) is 5.57. The van der Waals surface area contributed by atoms with Crippen LogP contribution < -0.4 is 15.8 Å². The molecule has 0 atom stereocenters. The Morgan fingerprint density at radius 1 is 1.44 bits per heavy atom. The largest absolute Gasteiger partial charge is 0.398 e. The molecule has 0 bridgehead atoms. The van der Waals surface area contributed by atoms with Gasteiger partial charge in [-0.3, -0.25) is 0 Å². The van der Waals surface area contributed by atoms with E-state index in [1.165, 1.54) is 18.2 Å². The molecule has 0 saturated heterocycles. The maximum absolute atomic E-state index is 11.9. The van der Waals surface area contributed by atoms with E-state index in [0.717, 1.165) is 0 Å². The zero-order chi connectivity index (χ0) is 13.8. The summed E-state index contributed by atoms with van der Waals surface area (Å²) in [7, 11) is -4.01. The van der Waals surface area contributed by atoms with Crippen LogP contribution in [0.3, 0.4) is 0 Å². The van der Waals surface area contributed by atoms with E-state index >= 15 is 0 Å². The Hall–Kier alpha value is -1.47. The fourth-order valence-corrected chi connectivity index (χ4v) is 2.52. The molecule has 18 heavy (non-hydrogen) atoms. The number of urea groups is 1. The van der Waals surface area contributed by atoms with Gasteiger partial charge in [0.05, 0.1) is 5.69 Å². The third-order valence-corrected chi connectivity index (χ3v) is 3.65. The van der Waals surface area contributed by atoms with Crippen LogP contribution in [0.4, 0.5) is 10.5 Å². The second-order valence-electron chi connectivity index (χ2n) is 3.54. The lowest BCUT2D eigenvalue weighted by atomic mass is 10.3. The standard InChI is InChI=1S/C10H14ClN3O3S/c1-2-5-13-10(15)14-18(16,17)9-6-7(11)3-4-8(9)12/h3-4,6H,2,5,12H2,1H3,(H2,13,14,15). The van der Waals surface area contributed by atoms with E-state index in [1.54, 1.807) is 0 Å². The van der Waals surface area contributed by atoms with E-state index in [-0.39, 0.29) is 15.6 Å². The van der Waals surface area contributed by atoms with Gasteiger partial charge in [-0.05, 0) is 24.6 Å². The van der Waals surface area contributed by atoms with E-state index in [1.807, 2.05) is 11.6 Å². The van der Waals surface area contributed by atoms with Crippen molar-refractivity contribution in [2.45, 2.75) is 18.2 Å². The highest BCUT2D eigenvalue weighted by atomic mass is 35.5. The molecule has 2 amide bonds. The van der Waals surface area contributed by atoms with E-state index in [2.05, 4.69) is 5.32 Å². The van der Waals surface area contributed by atoms with Crippen LogP contribution in [0.5, 0.6) is 0 Å². The number of halogens is 1. The van der Waals surface area contributed by atoms with Gasteiger partial charge in [0.25, 0.3) is 10.0 Å². The molecule has 8 heteroatoms. The quantitative estimate of drug-likeness (QED) is 0.728. The van der Waals surface area contributed by atoms with Crippen molar-refractivity contribution in [1.82, 2.24) is 10.0 Å². The van der Waals surface area contributed by atoms with Crippen molar-refractivity contribution in [3.63, 3.8) is 0 Å². The Bertz CT molecular complexity index is 545. The molecular formula is C10H14ClN3O3S. The topological polar surface area (TPSA) is 101 Å². The van der Waals surface area contributed by atoms with E-state index in [4.69, 9.17) is 17.3 Å². The second kappa shape index (κ2) is 5.92. The van der Waals surface area contributed by atoms with Gasteiger partial charge in [-0.15, -0.1) is 0 Å². The summed E-state index contributed by atoms with van der Waals surface area (Å²) >= 11 is 5.69. The Morgan fingerprint density at radius 2 is 2.11 bits per heavy atom. The van der Waals surface area contributed by atoms with Gasteiger partial charge in [0.15, 0.2) is 0 Å². The number of sulfonamides is 1. The first-order valence-electron chi connectivity index (χ1n) is 5.22. The average molecular weight is 292 g/mol. The van der Waals surface area contributed by atoms with Gasteiger partial charge in [0, 0.05) is 11.6 Å². The highest BCUT2D eigenvalue weighted by Crippen LogP contribution is 2.22. The van der Waals surface area contributed by atoms with Crippen LogP contribution in [0.25, 0.3) is 0 Å². The number of nitrogens with one attached hydrogen (secondary N) is 2. The highest BCUT2D eigenvalue weighted by Gasteiger charge is 2.20. The summed E-state index contributed by atoms with van der Waals surface area (Å²) in [6.07, 6.45) is 0.701. The third kappa shape index (κ3) is 3.78. The van der Waals surface area contributed by atoms with Gasteiger partial charge in [0.2, 0.25) is 0 Å².